The third-order valence-corrected chi connectivity index (χ3v) is 9.41. The number of carbonyl (C=O) groups is 2. The molecule has 1 heterocycles. The van der Waals surface area contributed by atoms with Gasteiger partial charge in [-0.25, -0.2) is 0 Å². The average molecular weight is 592 g/mol. The van der Waals surface area contributed by atoms with Crippen LogP contribution in [0, 0.1) is 0 Å². The molecule has 5 nitrogen and oxygen atoms in total. The predicted octanol–water partition coefficient (Wildman–Crippen LogP) is 6.57. The van der Waals surface area contributed by atoms with E-state index >= 15 is 0 Å². The van der Waals surface area contributed by atoms with Crippen molar-refractivity contribution < 1.29 is 9.59 Å². The molecule has 4 aromatic rings. The Morgan fingerprint density at radius 2 is 1.47 bits per heavy atom. The number of rotatable bonds is 7. The molecule has 0 N–H and O–H groups in total. The molecule has 0 spiro atoms. The summed E-state index contributed by atoms with van der Waals surface area (Å²) < 4.78 is 0. The van der Waals surface area contributed by atoms with Crippen molar-refractivity contribution >= 4 is 23.4 Å². The Labute approximate surface area is 259 Å². The zero-order valence-electron chi connectivity index (χ0n) is 25.0. The van der Waals surface area contributed by atoms with Crippen LogP contribution in [0.3, 0.4) is 0 Å². The number of amides is 2. The number of fused-ring (bicyclic) bond motifs is 2. The molecule has 0 unspecified atom stereocenters. The highest BCUT2D eigenvalue weighted by atomic mass is 35.5. The first-order valence-electron chi connectivity index (χ1n) is 15.1. The Morgan fingerprint density at radius 1 is 0.837 bits per heavy atom. The second kappa shape index (κ2) is 12.4. The van der Waals surface area contributed by atoms with E-state index in [4.69, 9.17) is 11.6 Å². The molecule has 0 fully saturated rings. The minimum absolute atomic E-state index is 0.0383. The van der Waals surface area contributed by atoms with E-state index in [0.29, 0.717) is 17.1 Å². The summed E-state index contributed by atoms with van der Waals surface area (Å²) in [6, 6.07) is 32.2. The van der Waals surface area contributed by atoms with Crippen LogP contribution in [-0.2, 0) is 30.6 Å². The topological polar surface area (TPSA) is 43.9 Å². The van der Waals surface area contributed by atoms with Crippen molar-refractivity contribution in [2.75, 3.05) is 20.6 Å². The van der Waals surface area contributed by atoms with Gasteiger partial charge in [-0.2, -0.15) is 0 Å². The lowest BCUT2D eigenvalue weighted by Crippen LogP contribution is -2.53. The Morgan fingerprint density at radius 3 is 2.14 bits per heavy atom. The van der Waals surface area contributed by atoms with E-state index in [1.165, 1.54) is 22.3 Å². The SMILES string of the molecule is C[C@@H](C(=O)N(Cc1cccc(C(=O)N(C)C)c1)C1Cc2ccccc2C1)N1CCc2ccccc2[C@@H]1c1ccccc1Cl. The van der Waals surface area contributed by atoms with Crippen molar-refractivity contribution in [3.63, 3.8) is 0 Å². The summed E-state index contributed by atoms with van der Waals surface area (Å²) in [7, 11) is 3.52. The van der Waals surface area contributed by atoms with Gasteiger partial charge in [0.2, 0.25) is 5.91 Å². The molecule has 220 valence electrons. The Bertz CT molecular complexity index is 1630. The zero-order valence-corrected chi connectivity index (χ0v) is 25.8. The number of hydrogen-bond acceptors (Lipinski definition) is 3. The lowest BCUT2D eigenvalue weighted by Gasteiger charge is -2.43. The molecule has 6 rings (SSSR count). The second-order valence-electron chi connectivity index (χ2n) is 12.0. The first-order valence-corrected chi connectivity index (χ1v) is 15.5. The van der Waals surface area contributed by atoms with Gasteiger partial charge >= 0.3 is 0 Å². The molecule has 43 heavy (non-hydrogen) atoms. The maximum Gasteiger partial charge on any atom is 0.253 e. The van der Waals surface area contributed by atoms with Gasteiger partial charge in [0.15, 0.2) is 0 Å². The molecule has 6 heteroatoms. The smallest absolute Gasteiger partial charge is 0.253 e. The Hall–Kier alpha value is -3.93. The number of nitrogens with zero attached hydrogens (tertiary/aromatic N) is 3. The van der Waals surface area contributed by atoms with Crippen LogP contribution in [0.15, 0.2) is 97.1 Å². The molecule has 2 aliphatic rings. The Kier molecular flexibility index (Phi) is 8.38. The molecule has 4 aromatic carbocycles. The monoisotopic (exact) mass is 591 g/mol. The molecule has 0 saturated carbocycles. The number of carbonyl (C=O) groups excluding carboxylic acids is 2. The van der Waals surface area contributed by atoms with Crippen molar-refractivity contribution in [3.05, 3.63) is 141 Å². The molecule has 1 aliphatic carbocycles. The Balaban J connectivity index is 1.36. The third kappa shape index (κ3) is 5.84. The van der Waals surface area contributed by atoms with Gasteiger partial charge in [0.1, 0.15) is 0 Å². The summed E-state index contributed by atoms with van der Waals surface area (Å²) in [6.45, 7) is 3.24. The highest BCUT2D eigenvalue weighted by Gasteiger charge is 2.39. The first kappa shape index (κ1) is 29.2. The normalized spacial score (nSPS) is 17.2. The third-order valence-electron chi connectivity index (χ3n) is 9.06. The van der Waals surface area contributed by atoms with Crippen LogP contribution >= 0.6 is 11.6 Å². The van der Waals surface area contributed by atoms with Gasteiger partial charge in [0, 0.05) is 43.8 Å². The van der Waals surface area contributed by atoms with Crippen LogP contribution in [0.2, 0.25) is 5.02 Å². The molecular weight excluding hydrogens is 554 g/mol. The van der Waals surface area contributed by atoms with Crippen molar-refractivity contribution in [1.29, 1.82) is 0 Å². The number of halogens is 1. The average Bonchev–Trinajstić information content (AvgIpc) is 3.46. The van der Waals surface area contributed by atoms with Crippen LogP contribution < -0.4 is 0 Å². The summed E-state index contributed by atoms with van der Waals surface area (Å²) in [5.41, 5.74) is 7.71. The molecule has 2 amide bonds. The van der Waals surface area contributed by atoms with Gasteiger partial charge in [-0.05, 0) is 77.8 Å². The van der Waals surface area contributed by atoms with Crippen molar-refractivity contribution in [2.24, 2.45) is 0 Å². The fourth-order valence-corrected chi connectivity index (χ4v) is 7.07. The summed E-state index contributed by atoms with van der Waals surface area (Å²) >= 11 is 6.81. The van der Waals surface area contributed by atoms with Gasteiger partial charge in [-0.3, -0.25) is 14.5 Å². The molecule has 0 saturated heterocycles. The lowest BCUT2D eigenvalue weighted by molar-refractivity contribution is -0.140. The molecule has 0 bridgehead atoms. The van der Waals surface area contributed by atoms with Gasteiger partial charge in [-0.1, -0.05) is 90.5 Å². The maximum atomic E-state index is 14.8. The molecular formula is C37H38ClN3O2. The van der Waals surface area contributed by atoms with Gasteiger partial charge < -0.3 is 9.80 Å². The minimum Gasteiger partial charge on any atom is -0.345 e. The van der Waals surface area contributed by atoms with E-state index < -0.39 is 0 Å². The molecule has 2 atom stereocenters. The second-order valence-corrected chi connectivity index (χ2v) is 12.4. The van der Waals surface area contributed by atoms with Crippen LogP contribution in [0.4, 0.5) is 0 Å². The lowest BCUT2D eigenvalue weighted by atomic mass is 9.87. The van der Waals surface area contributed by atoms with Crippen molar-refractivity contribution in [3.8, 4) is 0 Å². The van der Waals surface area contributed by atoms with E-state index in [1.54, 1.807) is 19.0 Å². The first-order chi connectivity index (χ1) is 20.8. The summed E-state index contributed by atoms with van der Waals surface area (Å²) in [5, 5.41) is 0.708. The molecule has 0 radical (unpaired) electrons. The van der Waals surface area contributed by atoms with Crippen LogP contribution in [0.5, 0.6) is 0 Å². The number of hydrogen-bond donors (Lipinski definition) is 0. The largest absolute Gasteiger partial charge is 0.345 e. The maximum absolute atomic E-state index is 14.8. The van der Waals surface area contributed by atoms with Crippen molar-refractivity contribution in [1.82, 2.24) is 14.7 Å². The fourth-order valence-electron chi connectivity index (χ4n) is 6.83. The van der Waals surface area contributed by atoms with Crippen LogP contribution in [0.1, 0.15) is 56.7 Å². The molecule has 0 aromatic heterocycles. The van der Waals surface area contributed by atoms with E-state index in [1.807, 2.05) is 49.4 Å². The van der Waals surface area contributed by atoms with Gasteiger partial charge in [0.05, 0.1) is 12.1 Å². The summed E-state index contributed by atoms with van der Waals surface area (Å²) in [6.07, 6.45) is 2.52. The highest BCUT2D eigenvalue weighted by Crippen LogP contribution is 2.40. The van der Waals surface area contributed by atoms with Gasteiger partial charge in [-0.15, -0.1) is 0 Å². The minimum atomic E-state index is -0.384. The van der Waals surface area contributed by atoms with E-state index in [-0.39, 0.29) is 29.9 Å². The molecule has 1 aliphatic heterocycles. The van der Waals surface area contributed by atoms with E-state index in [2.05, 4.69) is 64.4 Å². The zero-order chi connectivity index (χ0) is 30.1. The summed E-state index contributed by atoms with van der Waals surface area (Å²) in [5.74, 6) is 0.0505. The van der Waals surface area contributed by atoms with E-state index in [9.17, 15) is 9.59 Å². The fraction of sp³-hybridized carbons (Fsp3) is 0.297. The van der Waals surface area contributed by atoms with E-state index in [0.717, 1.165) is 36.9 Å². The summed E-state index contributed by atoms with van der Waals surface area (Å²) in [4.78, 5) is 33.5. The van der Waals surface area contributed by atoms with Crippen LogP contribution in [-0.4, -0.2) is 59.2 Å². The quantitative estimate of drug-likeness (QED) is 0.244. The number of benzene rings is 4. The highest BCUT2D eigenvalue weighted by molar-refractivity contribution is 6.31. The van der Waals surface area contributed by atoms with Crippen LogP contribution in [0.25, 0.3) is 0 Å². The predicted molar refractivity (Wildman–Crippen MR) is 172 cm³/mol. The standard InChI is InChI=1S/C37H38ClN3O2/c1-25(40-20-19-27-12-6-7-16-32(27)35(40)33-17-8-9-18-34(33)38)36(42)41(31-22-28-13-4-5-14-29(28)23-31)24-26-11-10-15-30(21-26)37(43)39(2)3/h4-18,21,25,31,35H,19-20,22-24H2,1-3H3/t25-,35+/m0/s1. The van der Waals surface area contributed by atoms with Gasteiger partial charge in [0.25, 0.3) is 5.91 Å². The van der Waals surface area contributed by atoms with Crippen molar-refractivity contribution in [2.45, 2.75) is 50.9 Å².